The maximum Gasteiger partial charge on any atom is 0.338 e. The van der Waals surface area contributed by atoms with Crippen molar-refractivity contribution in [1.29, 1.82) is 0 Å². The molecule has 1 amide bonds. The first-order chi connectivity index (χ1) is 9.10. The number of ether oxygens (including phenoxy) is 1. The van der Waals surface area contributed by atoms with Gasteiger partial charge in [0.2, 0.25) is 0 Å². The van der Waals surface area contributed by atoms with Crippen LogP contribution in [0.5, 0.6) is 0 Å². The summed E-state index contributed by atoms with van der Waals surface area (Å²) in [6.07, 6.45) is 1.85. The molecular weight excluding hydrogens is 246 g/mol. The number of nitrogens with one attached hydrogen (secondary N) is 1. The van der Waals surface area contributed by atoms with Crippen molar-refractivity contribution in [3.63, 3.8) is 0 Å². The topological polar surface area (TPSA) is 72.5 Å². The average molecular weight is 261 g/mol. The van der Waals surface area contributed by atoms with E-state index in [9.17, 15) is 14.4 Å². The second-order valence-corrected chi connectivity index (χ2v) is 4.57. The fourth-order valence-electron chi connectivity index (χ4n) is 1.53. The molecule has 1 N–H and O–H groups in total. The Morgan fingerprint density at radius 1 is 1.32 bits per heavy atom. The molecule has 0 radical (unpaired) electrons. The third kappa shape index (κ3) is 3.64. The molecule has 0 heterocycles. The normalized spacial score (nSPS) is 15.4. The minimum absolute atomic E-state index is 0.237. The lowest BCUT2D eigenvalue weighted by Crippen LogP contribution is -2.37. The smallest absolute Gasteiger partial charge is 0.338 e. The van der Waals surface area contributed by atoms with Crippen LogP contribution in [0.25, 0.3) is 0 Å². The van der Waals surface area contributed by atoms with E-state index in [-0.39, 0.29) is 11.9 Å². The van der Waals surface area contributed by atoms with E-state index in [0.717, 1.165) is 12.8 Å². The average Bonchev–Trinajstić information content (AvgIpc) is 3.22. The van der Waals surface area contributed by atoms with Crippen molar-refractivity contribution < 1.29 is 19.1 Å². The Morgan fingerprint density at radius 3 is 2.47 bits per heavy atom. The van der Waals surface area contributed by atoms with E-state index < -0.39 is 12.1 Å². The van der Waals surface area contributed by atoms with Gasteiger partial charge in [0, 0.05) is 11.6 Å². The summed E-state index contributed by atoms with van der Waals surface area (Å²) in [5, 5.41) is 2.77. The SMILES string of the molecule is C[C@H](OC(=O)c1ccc(C=O)cc1)C(=O)NC1CC1. The first kappa shape index (κ1) is 13.3. The van der Waals surface area contributed by atoms with E-state index >= 15 is 0 Å². The van der Waals surface area contributed by atoms with Crippen LogP contribution in [0.2, 0.25) is 0 Å². The molecule has 1 fully saturated rings. The zero-order chi connectivity index (χ0) is 13.8. The van der Waals surface area contributed by atoms with Gasteiger partial charge in [0.1, 0.15) is 6.29 Å². The second-order valence-electron chi connectivity index (χ2n) is 4.57. The molecular formula is C14H15NO4. The van der Waals surface area contributed by atoms with Gasteiger partial charge in [0.05, 0.1) is 5.56 Å². The van der Waals surface area contributed by atoms with Gasteiger partial charge in [-0.25, -0.2) is 4.79 Å². The summed E-state index contributed by atoms with van der Waals surface area (Å²) in [5.41, 5.74) is 0.799. The molecule has 5 nitrogen and oxygen atoms in total. The predicted molar refractivity (Wildman–Crippen MR) is 67.9 cm³/mol. The lowest BCUT2D eigenvalue weighted by Gasteiger charge is -2.13. The van der Waals surface area contributed by atoms with E-state index in [0.29, 0.717) is 17.4 Å². The maximum atomic E-state index is 11.8. The predicted octanol–water partition coefficient (Wildman–Crippen LogP) is 1.32. The molecule has 0 bridgehead atoms. The zero-order valence-corrected chi connectivity index (χ0v) is 10.6. The largest absolute Gasteiger partial charge is 0.449 e. The van der Waals surface area contributed by atoms with Gasteiger partial charge in [0.15, 0.2) is 6.10 Å². The van der Waals surface area contributed by atoms with E-state index in [4.69, 9.17) is 4.74 Å². The molecule has 100 valence electrons. The van der Waals surface area contributed by atoms with Gasteiger partial charge < -0.3 is 10.1 Å². The molecule has 1 saturated carbocycles. The van der Waals surface area contributed by atoms with Crippen LogP contribution < -0.4 is 5.32 Å². The summed E-state index contributed by atoms with van der Waals surface area (Å²) in [4.78, 5) is 33.9. The second kappa shape index (κ2) is 5.65. The molecule has 5 heteroatoms. The van der Waals surface area contributed by atoms with E-state index in [1.54, 1.807) is 0 Å². The number of aldehydes is 1. The third-order valence-corrected chi connectivity index (χ3v) is 2.86. The molecule has 19 heavy (non-hydrogen) atoms. The van der Waals surface area contributed by atoms with Crippen LogP contribution in [0.4, 0.5) is 0 Å². The highest BCUT2D eigenvalue weighted by Crippen LogP contribution is 2.19. The van der Waals surface area contributed by atoms with Crippen LogP contribution in [-0.2, 0) is 9.53 Å². The number of benzene rings is 1. The lowest BCUT2D eigenvalue weighted by molar-refractivity contribution is -0.129. The Labute approximate surface area is 110 Å². The van der Waals surface area contributed by atoms with Crippen molar-refractivity contribution >= 4 is 18.2 Å². The summed E-state index contributed by atoms with van der Waals surface area (Å²) in [5.74, 6) is -0.851. The van der Waals surface area contributed by atoms with Crippen LogP contribution >= 0.6 is 0 Å². The summed E-state index contributed by atoms with van der Waals surface area (Å²) < 4.78 is 5.06. The molecule has 0 saturated heterocycles. The highest BCUT2D eigenvalue weighted by atomic mass is 16.5. The van der Waals surface area contributed by atoms with Gasteiger partial charge in [-0.3, -0.25) is 9.59 Å². The highest BCUT2D eigenvalue weighted by Gasteiger charge is 2.27. The number of amides is 1. The van der Waals surface area contributed by atoms with E-state index in [2.05, 4.69) is 5.32 Å². The van der Waals surface area contributed by atoms with Gasteiger partial charge in [0.25, 0.3) is 5.91 Å². The summed E-state index contributed by atoms with van der Waals surface area (Å²) in [6.45, 7) is 1.54. The molecule has 1 atom stereocenters. The quantitative estimate of drug-likeness (QED) is 0.641. The van der Waals surface area contributed by atoms with Crippen LogP contribution in [0.3, 0.4) is 0 Å². The fourth-order valence-corrected chi connectivity index (χ4v) is 1.53. The number of hydrogen-bond acceptors (Lipinski definition) is 4. The first-order valence-electron chi connectivity index (χ1n) is 6.17. The van der Waals surface area contributed by atoms with Gasteiger partial charge in [-0.15, -0.1) is 0 Å². The molecule has 1 aliphatic rings. The Balaban J connectivity index is 1.91. The number of rotatable bonds is 5. The van der Waals surface area contributed by atoms with E-state index in [1.807, 2.05) is 0 Å². The number of hydrogen-bond donors (Lipinski definition) is 1. The van der Waals surface area contributed by atoms with Crippen molar-refractivity contribution in [1.82, 2.24) is 5.32 Å². The van der Waals surface area contributed by atoms with Crippen molar-refractivity contribution in [3.8, 4) is 0 Å². The molecule has 0 aromatic heterocycles. The van der Waals surface area contributed by atoms with Crippen LogP contribution in [0.1, 0.15) is 40.5 Å². The maximum absolute atomic E-state index is 11.8. The van der Waals surface area contributed by atoms with Crippen molar-refractivity contribution in [2.75, 3.05) is 0 Å². The Bertz CT molecular complexity index is 491. The summed E-state index contributed by atoms with van der Waals surface area (Å²) in [6, 6.07) is 6.28. The van der Waals surface area contributed by atoms with Gasteiger partial charge in [-0.2, -0.15) is 0 Å². The number of carbonyl (C=O) groups is 3. The Kier molecular flexibility index (Phi) is 3.94. The Morgan fingerprint density at radius 2 is 1.95 bits per heavy atom. The highest BCUT2D eigenvalue weighted by molar-refractivity contribution is 5.93. The van der Waals surface area contributed by atoms with Crippen molar-refractivity contribution in [2.45, 2.75) is 31.9 Å². The molecule has 2 rings (SSSR count). The zero-order valence-electron chi connectivity index (χ0n) is 10.6. The number of esters is 1. The number of carbonyl (C=O) groups excluding carboxylic acids is 3. The van der Waals surface area contributed by atoms with Crippen LogP contribution in [0, 0.1) is 0 Å². The van der Waals surface area contributed by atoms with Gasteiger partial charge >= 0.3 is 5.97 Å². The molecule has 0 unspecified atom stereocenters. The molecule has 1 aromatic rings. The van der Waals surface area contributed by atoms with E-state index in [1.165, 1.54) is 31.2 Å². The summed E-state index contributed by atoms with van der Waals surface area (Å²) >= 11 is 0. The third-order valence-electron chi connectivity index (χ3n) is 2.86. The van der Waals surface area contributed by atoms with Crippen molar-refractivity contribution in [2.24, 2.45) is 0 Å². The minimum atomic E-state index is -0.821. The Hall–Kier alpha value is -2.17. The standard InChI is InChI=1S/C14H15NO4/c1-9(13(17)15-12-6-7-12)19-14(18)11-4-2-10(8-16)3-5-11/h2-5,8-9,12H,6-7H2,1H3,(H,15,17)/t9-/m0/s1. The van der Waals surface area contributed by atoms with Crippen molar-refractivity contribution in [3.05, 3.63) is 35.4 Å². The van der Waals surface area contributed by atoms with Gasteiger partial charge in [-0.1, -0.05) is 12.1 Å². The lowest BCUT2D eigenvalue weighted by atomic mass is 10.1. The van der Waals surface area contributed by atoms with Gasteiger partial charge in [-0.05, 0) is 31.9 Å². The molecule has 0 spiro atoms. The van der Waals surface area contributed by atoms with Crippen LogP contribution in [-0.4, -0.2) is 30.3 Å². The molecule has 1 aliphatic carbocycles. The first-order valence-corrected chi connectivity index (χ1v) is 6.17. The summed E-state index contributed by atoms with van der Waals surface area (Å²) in [7, 11) is 0. The van der Waals surface area contributed by atoms with Crippen LogP contribution in [0.15, 0.2) is 24.3 Å². The fraction of sp³-hybridized carbons (Fsp3) is 0.357. The molecule has 0 aliphatic heterocycles. The molecule has 1 aromatic carbocycles. The minimum Gasteiger partial charge on any atom is -0.449 e. The monoisotopic (exact) mass is 261 g/mol.